The lowest BCUT2D eigenvalue weighted by molar-refractivity contribution is -0.137. The van der Waals surface area contributed by atoms with Gasteiger partial charge in [-0.05, 0) is 23.3 Å². The second-order valence-electron chi connectivity index (χ2n) is 3.89. The van der Waals surface area contributed by atoms with Crippen LogP contribution in [0.4, 0.5) is 0 Å². The fraction of sp³-hybridized carbons (Fsp3) is 0.778. The summed E-state index contributed by atoms with van der Waals surface area (Å²) >= 11 is 0. The van der Waals surface area contributed by atoms with Crippen LogP contribution in [-0.2, 0) is 11.3 Å². The third kappa shape index (κ3) is 2.31. The number of hydrogen-bond acceptors (Lipinski definition) is 4. The minimum absolute atomic E-state index is 0.0742. The molecule has 1 N–H and O–H groups in total. The Labute approximate surface area is 87.3 Å². The Balaban J connectivity index is 2.04. The first-order valence-electron chi connectivity index (χ1n) is 5.25. The number of carboxylic acid groups (broad SMARTS) is 1. The third-order valence-corrected chi connectivity index (χ3v) is 2.82. The Hall–Kier alpha value is -1.46. The van der Waals surface area contributed by atoms with E-state index >= 15 is 0 Å². The number of carbonyl (C=O) groups is 1. The van der Waals surface area contributed by atoms with Crippen molar-refractivity contribution < 1.29 is 9.90 Å². The lowest BCUT2D eigenvalue weighted by Gasteiger charge is -2.07. The average Bonchev–Trinajstić information content (AvgIpc) is 2.85. The molecule has 1 heterocycles. The van der Waals surface area contributed by atoms with E-state index < -0.39 is 5.97 Å². The molecule has 0 unspecified atom stereocenters. The van der Waals surface area contributed by atoms with Crippen molar-refractivity contribution in [1.29, 1.82) is 0 Å². The molecule has 0 amide bonds. The number of aliphatic carboxylic acids is 1. The summed E-state index contributed by atoms with van der Waals surface area (Å²) < 4.78 is 1.63. The summed E-state index contributed by atoms with van der Waals surface area (Å²) in [5, 5.41) is 20.0. The van der Waals surface area contributed by atoms with Gasteiger partial charge in [-0.25, -0.2) is 4.68 Å². The predicted octanol–water partition coefficient (Wildman–Crippen LogP) is 0.805. The SMILES string of the molecule is O=C(O)CCn1nnnc1C1CCCC1. The standard InChI is InChI=1S/C9H14N4O2/c14-8(15)5-6-13-9(10-11-12-13)7-3-1-2-4-7/h7H,1-6H2,(H,14,15). The van der Waals surface area contributed by atoms with Crippen LogP contribution < -0.4 is 0 Å². The molecule has 0 radical (unpaired) electrons. The number of tetrazole rings is 1. The number of hydrogen-bond donors (Lipinski definition) is 1. The highest BCUT2D eigenvalue weighted by Crippen LogP contribution is 2.32. The first-order valence-corrected chi connectivity index (χ1v) is 5.25. The van der Waals surface area contributed by atoms with E-state index in [1.54, 1.807) is 4.68 Å². The molecule has 6 nitrogen and oxygen atoms in total. The molecule has 1 aliphatic rings. The summed E-state index contributed by atoms with van der Waals surface area (Å²) in [6, 6.07) is 0. The lowest BCUT2D eigenvalue weighted by Crippen LogP contribution is -2.11. The summed E-state index contributed by atoms with van der Waals surface area (Å²) in [6.07, 6.45) is 4.75. The highest BCUT2D eigenvalue weighted by molar-refractivity contribution is 5.66. The molecular weight excluding hydrogens is 196 g/mol. The Morgan fingerprint density at radius 2 is 2.20 bits per heavy atom. The monoisotopic (exact) mass is 210 g/mol. The van der Waals surface area contributed by atoms with Crippen LogP contribution in [0.15, 0.2) is 0 Å². The van der Waals surface area contributed by atoms with Gasteiger partial charge in [-0.3, -0.25) is 4.79 Å². The van der Waals surface area contributed by atoms with E-state index in [9.17, 15) is 4.79 Å². The van der Waals surface area contributed by atoms with E-state index in [0.717, 1.165) is 18.7 Å². The van der Waals surface area contributed by atoms with E-state index in [2.05, 4.69) is 15.5 Å². The van der Waals surface area contributed by atoms with Gasteiger partial charge in [0.25, 0.3) is 0 Å². The van der Waals surface area contributed by atoms with Gasteiger partial charge in [0.2, 0.25) is 0 Å². The number of aromatic nitrogens is 4. The Morgan fingerprint density at radius 1 is 1.47 bits per heavy atom. The van der Waals surface area contributed by atoms with Gasteiger partial charge in [0, 0.05) is 5.92 Å². The minimum Gasteiger partial charge on any atom is -0.481 e. The zero-order valence-electron chi connectivity index (χ0n) is 8.46. The summed E-state index contributed by atoms with van der Waals surface area (Å²) in [5.41, 5.74) is 0. The summed E-state index contributed by atoms with van der Waals surface area (Å²) in [7, 11) is 0. The molecule has 0 spiro atoms. The van der Waals surface area contributed by atoms with Crippen molar-refractivity contribution in [1.82, 2.24) is 20.2 Å². The maximum atomic E-state index is 10.4. The van der Waals surface area contributed by atoms with Crippen molar-refractivity contribution >= 4 is 5.97 Å². The molecule has 1 fully saturated rings. The van der Waals surface area contributed by atoms with Crippen LogP contribution in [0.3, 0.4) is 0 Å². The van der Waals surface area contributed by atoms with Crippen molar-refractivity contribution in [3.8, 4) is 0 Å². The van der Waals surface area contributed by atoms with E-state index in [0.29, 0.717) is 12.5 Å². The van der Waals surface area contributed by atoms with Crippen molar-refractivity contribution in [2.75, 3.05) is 0 Å². The number of nitrogens with zero attached hydrogens (tertiary/aromatic N) is 4. The highest BCUT2D eigenvalue weighted by atomic mass is 16.4. The summed E-state index contributed by atoms with van der Waals surface area (Å²) in [5.74, 6) is 0.463. The number of carboxylic acids is 1. The van der Waals surface area contributed by atoms with Crippen molar-refractivity contribution in [2.24, 2.45) is 0 Å². The molecule has 0 saturated heterocycles. The largest absolute Gasteiger partial charge is 0.481 e. The van der Waals surface area contributed by atoms with Gasteiger partial charge in [0.15, 0.2) is 5.82 Å². The normalized spacial score (nSPS) is 17.1. The van der Waals surface area contributed by atoms with Crippen LogP contribution in [0, 0.1) is 0 Å². The Morgan fingerprint density at radius 3 is 2.87 bits per heavy atom. The van der Waals surface area contributed by atoms with Gasteiger partial charge in [-0.15, -0.1) is 5.10 Å². The molecule has 1 aliphatic carbocycles. The van der Waals surface area contributed by atoms with Crippen LogP contribution >= 0.6 is 0 Å². The summed E-state index contributed by atoms with van der Waals surface area (Å²) in [4.78, 5) is 10.4. The zero-order chi connectivity index (χ0) is 10.7. The number of aryl methyl sites for hydroxylation is 1. The van der Waals surface area contributed by atoms with E-state index in [1.807, 2.05) is 0 Å². The van der Waals surface area contributed by atoms with Crippen LogP contribution in [0.25, 0.3) is 0 Å². The van der Waals surface area contributed by atoms with Crippen LogP contribution in [0.2, 0.25) is 0 Å². The molecule has 2 rings (SSSR count). The quantitative estimate of drug-likeness (QED) is 0.795. The smallest absolute Gasteiger partial charge is 0.305 e. The Bertz CT molecular complexity index is 344. The molecule has 15 heavy (non-hydrogen) atoms. The third-order valence-electron chi connectivity index (χ3n) is 2.82. The molecule has 1 aromatic heterocycles. The maximum Gasteiger partial charge on any atom is 0.305 e. The molecule has 0 aromatic carbocycles. The topological polar surface area (TPSA) is 80.9 Å². The molecule has 6 heteroatoms. The van der Waals surface area contributed by atoms with Gasteiger partial charge in [0.1, 0.15) is 0 Å². The van der Waals surface area contributed by atoms with E-state index in [-0.39, 0.29) is 6.42 Å². The van der Waals surface area contributed by atoms with Gasteiger partial charge < -0.3 is 5.11 Å². The van der Waals surface area contributed by atoms with E-state index in [4.69, 9.17) is 5.11 Å². The maximum absolute atomic E-state index is 10.4. The molecule has 0 bridgehead atoms. The fourth-order valence-corrected chi connectivity index (χ4v) is 2.05. The molecule has 82 valence electrons. The van der Waals surface area contributed by atoms with Crippen molar-refractivity contribution in [3.63, 3.8) is 0 Å². The van der Waals surface area contributed by atoms with Gasteiger partial charge in [-0.2, -0.15) is 0 Å². The van der Waals surface area contributed by atoms with Gasteiger partial charge in [-0.1, -0.05) is 12.8 Å². The van der Waals surface area contributed by atoms with Crippen LogP contribution in [0.5, 0.6) is 0 Å². The van der Waals surface area contributed by atoms with Gasteiger partial charge in [0.05, 0.1) is 13.0 Å². The van der Waals surface area contributed by atoms with Crippen LogP contribution in [-0.4, -0.2) is 31.3 Å². The molecular formula is C9H14N4O2. The highest BCUT2D eigenvalue weighted by Gasteiger charge is 2.22. The molecule has 1 aromatic rings. The molecule has 1 saturated carbocycles. The van der Waals surface area contributed by atoms with Crippen molar-refractivity contribution in [2.45, 2.75) is 44.6 Å². The zero-order valence-corrected chi connectivity index (χ0v) is 8.46. The molecule has 0 atom stereocenters. The first kappa shape index (κ1) is 10.1. The fourth-order valence-electron chi connectivity index (χ4n) is 2.05. The second-order valence-corrected chi connectivity index (χ2v) is 3.89. The second kappa shape index (κ2) is 4.37. The van der Waals surface area contributed by atoms with Crippen LogP contribution in [0.1, 0.15) is 43.8 Å². The van der Waals surface area contributed by atoms with Crippen molar-refractivity contribution in [3.05, 3.63) is 5.82 Å². The number of rotatable bonds is 4. The molecule has 0 aliphatic heterocycles. The van der Waals surface area contributed by atoms with Gasteiger partial charge >= 0.3 is 5.97 Å². The first-order chi connectivity index (χ1) is 7.27. The minimum atomic E-state index is -0.817. The summed E-state index contributed by atoms with van der Waals surface area (Å²) in [6.45, 7) is 0.369. The average molecular weight is 210 g/mol. The van der Waals surface area contributed by atoms with E-state index in [1.165, 1.54) is 12.8 Å². The predicted molar refractivity (Wildman–Crippen MR) is 51.3 cm³/mol. The Kier molecular flexibility index (Phi) is 2.94. The lowest BCUT2D eigenvalue weighted by atomic mass is 10.1.